The number of rotatable bonds is 4. The topological polar surface area (TPSA) is 16.1 Å². The lowest BCUT2D eigenvalue weighted by Gasteiger charge is -2.27. The van der Waals surface area contributed by atoms with E-state index in [1.807, 2.05) is 46.4 Å². The fourth-order valence-electron chi connectivity index (χ4n) is 6.86. The zero-order valence-corrected chi connectivity index (χ0v) is 26.9. The lowest BCUT2D eigenvalue weighted by Crippen LogP contribution is -2.10. The maximum Gasteiger partial charge on any atom is 0.0640 e. The van der Waals surface area contributed by atoms with Crippen molar-refractivity contribution >= 4 is 112 Å². The van der Waals surface area contributed by atoms with E-state index in [-0.39, 0.29) is 0 Å². The molecule has 0 saturated carbocycles. The first-order valence-corrected chi connectivity index (χ1v) is 17.7. The first kappa shape index (κ1) is 26.2. The molecule has 0 bridgehead atoms. The van der Waals surface area contributed by atoms with Gasteiger partial charge in [0.15, 0.2) is 0 Å². The summed E-state index contributed by atoms with van der Waals surface area (Å²) in [5.74, 6) is 0. The van der Waals surface area contributed by atoms with Crippen LogP contribution in [0.2, 0.25) is 0 Å². The van der Waals surface area contributed by atoms with Gasteiger partial charge < -0.3 is 4.90 Å². The van der Waals surface area contributed by atoms with Crippen molar-refractivity contribution in [2.24, 2.45) is 0 Å². The minimum Gasteiger partial charge on any atom is -0.308 e. The lowest BCUT2D eigenvalue weighted by atomic mass is 10.0. The van der Waals surface area contributed by atoms with Crippen molar-refractivity contribution in [3.05, 3.63) is 146 Å². The minimum absolute atomic E-state index is 1.14. The van der Waals surface area contributed by atoms with Crippen LogP contribution < -0.4 is 4.90 Å². The normalized spacial score (nSPS) is 11.9. The van der Waals surface area contributed by atoms with Gasteiger partial charge in [-0.1, -0.05) is 78.9 Å². The van der Waals surface area contributed by atoms with Crippen molar-refractivity contribution in [1.82, 2.24) is 4.98 Å². The molecule has 10 aromatic rings. The van der Waals surface area contributed by atoms with Crippen molar-refractivity contribution < 1.29 is 0 Å². The van der Waals surface area contributed by atoms with Crippen LogP contribution in [0.5, 0.6) is 0 Å². The van der Waals surface area contributed by atoms with Crippen molar-refractivity contribution in [3.8, 4) is 11.1 Å². The summed E-state index contributed by atoms with van der Waals surface area (Å²) in [6.45, 7) is 0. The van der Waals surface area contributed by atoms with Gasteiger partial charge in [-0.2, -0.15) is 0 Å². The van der Waals surface area contributed by atoms with Crippen LogP contribution in [-0.2, 0) is 0 Å². The molecule has 0 unspecified atom stereocenters. The average Bonchev–Trinajstić information content (AvgIpc) is 3.80. The summed E-state index contributed by atoms with van der Waals surface area (Å²) in [6, 6.07) is 49.1. The first-order chi connectivity index (χ1) is 22.8. The highest BCUT2D eigenvalue weighted by molar-refractivity contribution is 7.27. The molecule has 4 heterocycles. The number of hydrogen-bond acceptors (Lipinski definition) is 5. The van der Waals surface area contributed by atoms with Crippen LogP contribution in [0.4, 0.5) is 17.1 Å². The van der Waals surface area contributed by atoms with Crippen LogP contribution in [0.15, 0.2) is 146 Å². The predicted octanol–water partition coefficient (Wildman–Crippen LogP) is 13.3. The van der Waals surface area contributed by atoms with Crippen LogP contribution in [0, 0.1) is 0 Å². The lowest BCUT2D eigenvalue weighted by molar-refractivity contribution is 1.32. The molecule has 0 radical (unpaired) electrons. The van der Waals surface area contributed by atoms with E-state index in [2.05, 4.69) is 143 Å². The van der Waals surface area contributed by atoms with Crippen molar-refractivity contribution in [1.29, 1.82) is 0 Å². The Hall–Kier alpha value is -5.07. The highest BCUT2D eigenvalue weighted by atomic mass is 32.1. The first-order valence-electron chi connectivity index (χ1n) is 15.3. The Balaban J connectivity index is 1.18. The maximum absolute atomic E-state index is 4.36. The second-order valence-corrected chi connectivity index (χ2v) is 14.8. The molecule has 4 aromatic heterocycles. The second-order valence-electron chi connectivity index (χ2n) is 11.6. The van der Waals surface area contributed by atoms with Crippen molar-refractivity contribution in [2.75, 3.05) is 4.90 Å². The quantitative estimate of drug-likeness (QED) is 0.190. The molecule has 0 aliphatic heterocycles. The third-order valence-electron chi connectivity index (χ3n) is 8.98. The number of aromatic nitrogens is 1. The number of pyridine rings is 1. The smallest absolute Gasteiger partial charge is 0.0640 e. The molecular formula is C41H24N2S3. The fourth-order valence-corrected chi connectivity index (χ4v) is 10.3. The molecule has 2 nitrogen and oxygen atoms in total. The molecule has 0 aliphatic rings. The summed E-state index contributed by atoms with van der Waals surface area (Å²) < 4.78 is 7.79. The largest absolute Gasteiger partial charge is 0.308 e. The minimum atomic E-state index is 1.14. The summed E-state index contributed by atoms with van der Waals surface area (Å²) >= 11 is 5.58. The Kier molecular flexibility index (Phi) is 5.82. The maximum atomic E-state index is 4.36. The molecule has 0 fully saturated rings. The SMILES string of the molecule is c1ccc2c(c1)sc1c(N(c3ccc(-c4ccc5c(c4)sc4ccncc45)cc3)c3cccc4sc5ccccc5c34)cccc12. The molecule has 0 N–H and O–H groups in total. The second kappa shape index (κ2) is 10.2. The van der Waals surface area contributed by atoms with E-state index >= 15 is 0 Å². The van der Waals surface area contributed by atoms with E-state index in [0.29, 0.717) is 0 Å². The van der Waals surface area contributed by atoms with Gasteiger partial charge in [-0.05, 0) is 65.7 Å². The van der Waals surface area contributed by atoms with E-state index in [1.54, 1.807) is 0 Å². The van der Waals surface area contributed by atoms with E-state index < -0.39 is 0 Å². The average molecular weight is 641 g/mol. The van der Waals surface area contributed by atoms with Gasteiger partial charge in [0.1, 0.15) is 0 Å². The number of thiophene rings is 3. The monoisotopic (exact) mass is 640 g/mol. The molecule has 46 heavy (non-hydrogen) atoms. The molecule has 0 saturated heterocycles. The van der Waals surface area contributed by atoms with Gasteiger partial charge in [0, 0.05) is 73.9 Å². The van der Waals surface area contributed by atoms with E-state index in [9.17, 15) is 0 Å². The molecule has 0 amide bonds. The third-order valence-corrected chi connectivity index (χ3v) is 12.5. The zero-order chi connectivity index (χ0) is 30.2. The predicted molar refractivity (Wildman–Crippen MR) is 203 cm³/mol. The Morgan fingerprint density at radius 2 is 1.09 bits per heavy atom. The van der Waals surface area contributed by atoms with Crippen LogP contribution in [-0.4, -0.2) is 4.98 Å². The van der Waals surface area contributed by atoms with Crippen LogP contribution in [0.25, 0.3) is 71.6 Å². The van der Waals surface area contributed by atoms with Gasteiger partial charge >= 0.3 is 0 Å². The molecule has 216 valence electrons. The molecule has 0 atom stereocenters. The van der Waals surface area contributed by atoms with E-state index in [1.165, 1.54) is 83.0 Å². The highest BCUT2D eigenvalue weighted by Crippen LogP contribution is 2.49. The van der Waals surface area contributed by atoms with Gasteiger partial charge in [-0.15, -0.1) is 34.0 Å². The standard InChI is InChI=1S/C41H24N2S3/c1-3-12-35-28(7-1)30-9-5-11-34(41(30)46-35)43(33-10-6-14-38-40(33)31-8-2-4-13-36(31)44-38)27-18-15-25(16-19-27)26-17-20-29-32-24-42-22-21-37(32)45-39(29)23-26/h1-24H. The van der Waals surface area contributed by atoms with Crippen molar-refractivity contribution in [2.45, 2.75) is 0 Å². The number of hydrogen-bond donors (Lipinski definition) is 0. The van der Waals surface area contributed by atoms with Gasteiger partial charge in [-0.3, -0.25) is 4.98 Å². The Morgan fingerprint density at radius 3 is 1.98 bits per heavy atom. The van der Waals surface area contributed by atoms with Gasteiger partial charge in [0.05, 0.1) is 16.1 Å². The Bertz CT molecular complexity index is 2770. The molecule has 0 aliphatic carbocycles. The Morgan fingerprint density at radius 1 is 0.435 bits per heavy atom. The van der Waals surface area contributed by atoms with Crippen LogP contribution in [0.1, 0.15) is 0 Å². The summed E-state index contributed by atoms with van der Waals surface area (Å²) in [5, 5.41) is 7.71. The number of anilines is 3. The summed E-state index contributed by atoms with van der Waals surface area (Å²) in [5.41, 5.74) is 5.98. The van der Waals surface area contributed by atoms with Crippen LogP contribution >= 0.6 is 34.0 Å². The highest BCUT2D eigenvalue weighted by Gasteiger charge is 2.21. The summed E-state index contributed by atoms with van der Waals surface area (Å²) in [6.07, 6.45) is 3.85. The molecule has 5 heteroatoms. The Labute approximate surface area is 277 Å². The summed E-state index contributed by atoms with van der Waals surface area (Å²) in [7, 11) is 0. The molecule has 6 aromatic carbocycles. The summed E-state index contributed by atoms with van der Waals surface area (Å²) in [4.78, 5) is 6.84. The number of nitrogens with zero attached hydrogens (tertiary/aromatic N) is 2. The van der Waals surface area contributed by atoms with E-state index in [0.717, 1.165) is 5.69 Å². The van der Waals surface area contributed by atoms with Gasteiger partial charge in [0.25, 0.3) is 0 Å². The van der Waals surface area contributed by atoms with E-state index in [4.69, 9.17) is 0 Å². The third kappa shape index (κ3) is 3.96. The number of benzene rings is 6. The molecular weight excluding hydrogens is 617 g/mol. The number of fused-ring (bicyclic) bond motifs is 9. The fraction of sp³-hybridized carbons (Fsp3) is 0. The van der Waals surface area contributed by atoms with Crippen LogP contribution in [0.3, 0.4) is 0 Å². The van der Waals surface area contributed by atoms with Gasteiger partial charge in [0.2, 0.25) is 0 Å². The van der Waals surface area contributed by atoms with Crippen molar-refractivity contribution in [3.63, 3.8) is 0 Å². The van der Waals surface area contributed by atoms with Gasteiger partial charge in [-0.25, -0.2) is 0 Å². The molecule has 0 spiro atoms. The zero-order valence-electron chi connectivity index (χ0n) is 24.5. The molecule has 10 rings (SSSR count).